The summed E-state index contributed by atoms with van der Waals surface area (Å²) in [6.07, 6.45) is 5.85. The molecule has 0 saturated carbocycles. The van der Waals surface area contributed by atoms with E-state index in [1.165, 1.54) is 0 Å². The Hall–Kier alpha value is -2.57. The first-order valence-electron chi connectivity index (χ1n) is 9.63. The highest BCUT2D eigenvalue weighted by atomic mass is 35.5. The molecule has 2 atom stereocenters. The zero-order chi connectivity index (χ0) is 19.7. The third kappa shape index (κ3) is 4.54. The SMILES string of the molecule is Cc1cc(-c2cnc(N3C[C@@H](C)O[C@@H](C)C3)nc2-c2cccnc2C)ccn1.Cl. The van der Waals surface area contributed by atoms with Gasteiger partial charge in [-0.3, -0.25) is 9.97 Å². The molecule has 3 aromatic rings. The molecule has 0 aromatic carbocycles. The van der Waals surface area contributed by atoms with Gasteiger partial charge in [-0.25, -0.2) is 9.97 Å². The molecule has 0 N–H and O–H groups in total. The first-order chi connectivity index (χ1) is 13.5. The Morgan fingerprint density at radius 3 is 2.41 bits per heavy atom. The van der Waals surface area contributed by atoms with Crippen molar-refractivity contribution in [3.8, 4) is 22.4 Å². The largest absolute Gasteiger partial charge is 0.372 e. The summed E-state index contributed by atoms with van der Waals surface area (Å²) in [6, 6.07) is 8.08. The van der Waals surface area contributed by atoms with Crippen LogP contribution >= 0.6 is 12.4 Å². The van der Waals surface area contributed by atoms with Gasteiger partial charge < -0.3 is 9.64 Å². The lowest BCUT2D eigenvalue weighted by Gasteiger charge is -2.35. The second-order valence-electron chi connectivity index (χ2n) is 7.42. The Labute approximate surface area is 177 Å². The number of hydrogen-bond acceptors (Lipinski definition) is 6. The summed E-state index contributed by atoms with van der Waals surface area (Å²) in [5.41, 5.74) is 5.87. The van der Waals surface area contributed by atoms with E-state index in [2.05, 4.69) is 40.8 Å². The number of anilines is 1. The van der Waals surface area contributed by atoms with E-state index in [1.54, 1.807) is 0 Å². The van der Waals surface area contributed by atoms with Crippen LogP contribution < -0.4 is 4.90 Å². The number of halogens is 1. The smallest absolute Gasteiger partial charge is 0.226 e. The maximum Gasteiger partial charge on any atom is 0.226 e. The lowest BCUT2D eigenvalue weighted by molar-refractivity contribution is -0.00571. The van der Waals surface area contributed by atoms with Crippen LogP contribution in [0.4, 0.5) is 5.95 Å². The summed E-state index contributed by atoms with van der Waals surface area (Å²) in [5, 5.41) is 0. The quantitative estimate of drug-likeness (QED) is 0.641. The van der Waals surface area contributed by atoms with Gasteiger partial charge in [0.15, 0.2) is 0 Å². The molecule has 4 rings (SSSR count). The molecule has 1 fully saturated rings. The minimum absolute atomic E-state index is 0. The number of hydrogen-bond donors (Lipinski definition) is 0. The second kappa shape index (κ2) is 8.84. The molecule has 152 valence electrons. The third-order valence-corrected chi connectivity index (χ3v) is 4.95. The Morgan fingerprint density at radius 1 is 0.966 bits per heavy atom. The molecule has 6 nitrogen and oxygen atoms in total. The van der Waals surface area contributed by atoms with Gasteiger partial charge in [-0.1, -0.05) is 0 Å². The van der Waals surface area contributed by atoms with Crippen LogP contribution in [0.15, 0.2) is 42.9 Å². The van der Waals surface area contributed by atoms with Crippen molar-refractivity contribution in [2.24, 2.45) is 0 Å². The number of aromatic nitrogens is 4. The molecule has 0 unspecified atom stereocenters. The average molecular weight is 412 g/mol. The Bertz CT molecular complexity index is 986. The van der Waals surface area contributed by atoms with Gasteiger partial charge in [0.05, 0.1) is 17.9 Å². The van der Waals surface area contributed by atoms with Crippen molar-refractivity contribution in [1.82, 2.24) is 19.9 Å². The lowest BCUT2D eigenvalue weighted by Crippen LogP contribution is -2.46. The molecule has 1 aliphatic rings. The minimum atomic E-state index is 0. The number of aryl methyl sites for hydroxylation is 2. The molecule has 29 heavy (non-hydrogen) atoms. The molecule has 4 heterocycles. The second-order valence-corrected chi connectivity index (χ2v) is 7.42. The van der Waals surface area contributed by atoms with Crippen molar-refractivity contribution in [1.29, 1.82) is 0 Å². The number of pyridine rings is 2. The van der Waals surface area contributed by atoms with Crippen molar-refractivity contribution in [3.63, 3.8) is 0 Å². The van der Waals surface area contributed by atoms with E-state index in [4.69, 9.17) is 14.7 Å². The highest BCUT2D eigenvalue weighted by Gasteiger charge is 2.25. The Balaban J connectivity index is 0.00000240. The van der Waals surface area contributed by atoms with Crippen LogP contribution in [0.5, 0.6) is 0 Å². The van der Waals surface area contributed by atoms with Crippen LogP contribution in [0, 0.1) is 13.8 Å². The van der Waals surface area contributed by atoms with Gasteiger partial charge >= 0.3 is 0 Å². The number of morpholine rings is 1. The molecule has 0 aliphatic carbocycles. The Morgan fingerprint density at radius 2 is 1.72 bits per heavy atom. The van der Waals surface area contributed by atoms with Gasteiger partial charge in [0, 0.05) is 54.2 Å². The molecular formula is C22H26ClN5O. The lowest BCUT2D eigenvalue weighted by atomic mass is 10.0. The van der Waals surface area contributed by atoms with Crippen LogP contribution in [-0.4, -0.2) is 45.2 Å². The highest BCUT2D eigenvalue weighted by molar-refractivity contribution is 5.85. The van der Waals surface area contributed by atoms with Crippen LogP contribution in [0.3, 0.4) is 0 Å². The van der Waals surface area contributed by atoms with E-state index in [9.17, 15) is 0 Å². The van der Waals surface area contributed by atoms with Crippen LogP contribution in [0.1, 0.15) is 25.2 Å². The van der Waals surface area contributed by atoms with Gasteiger partial charge in [-0.05, 0) is 57.5 Å². The number of nitrogens with zero attached hydrogens (tertiary/aromatic N) is 5. The fraction of sp³-hybridized carbons (Fsp3) is 0.364. The average Bonchev–Trinajstić information content (AvgIpc) is 2.67. The van der Waals surface area contributed by atoms with E-state index in [1.807, 2.05) is 44.6 Å². The highest BCUT2D eigenvalue weighted by Crippen LogP contribution is 2.33. The van der Waals surface area contributed by atoms with Gasteiger partial charge in [-0.2, -0.15) is 0 Å². The van der Waals surface area contributed by atoms with Crippen molar-refractivity contribution in [2.45, 2.75) is 39.9 Å². The van der Waals surface area contributed by atoms with Crippen molar-refractivity contribution < 1.29 is 4.74 Å². The first-order valence-corrected chi connectivity index (χ1v) is 9.63. The van der Waals surface area contributed by atoms with Crippen molar-refractivity contribution in [2.75, 3.05) is 18.0 Å². The van der Waals surface area contributed by atoms with E-state index in [0.29, 0.717) is 0 Å². The standard InChI is InChI=1S/C22H25N5O.ClH/c1-14-10-18(7-9-23-14)20-11-25-22(27-12-15(2)28-16(3)13-27)26-21(20)19-6-5-8-24-17(19)4;/h5-11,15-16H,12-13H2,1-4H3;1H/t15-,16+;. The van der Waals surface area contributed by atoms with E-state index in [-0.39, 0.29) is 24.6 Å². The summed E-state index contributed by atoms with van der Waals surface area (Å²) in [6.45, 7) is 9.74. The molecule has 0 amide bonds. The molecular weight excluding hydrogens is 386 g/mol. The molecule has 0 spiro atoms. The van der Waals surface area contributed by atoms with Gasteiger partial charge in [0.25, 0.3) is 0 Å². The maximum atomic E-state index is 5.86. The summed E-state index contributed by atoms with van der Waals surface area (Å²) < 4.78 is 5.86. The van der Waals surface area contributed by atoms with E-state index < -0.39 is 0 Å². The summed E-state index contributed by atoms with van der Waals surface area (Å²) in [4.78, 5) is 20.7. The zero-order valence-electron chi connectivity index (χ0n) is 17.2. The fourth-order valence-corrected chi connectivity index (χ4v) is 3.73. The molecule has 0 radical (unpaired) electrons. The zero-order valence-corrected chi connectivity index (χ0v) is 18.0. The normalized spacial score (nSPS) is 19.0. The fourth-order valence-electron chi connectivity index (χ4n) is 3.73. The summed E-state index contributed by atoms with van der Waals surface area (Å²) >= 11 is 0. The molecule has 0 bridgehead atoms. The Kier molecular flexibility index (Phi) is 6.45. The summed E-state index contributed by atoms with van der Waals surface area (Å²) in [7, 11) is 0. The van der Waals surface area contributed by atoms with E-state index in [0.717, 1.165) is 52.8 Å². The summed E-state index contributed by atoms with van der Waals surface area (Å²) in [5.74, 6) is 0.731. The predicted octanol–water partition coefficient (Wildman–Crippen LogP) is 4.25. The van der Waals surface area contributed by atoms with Crippen molar-refractivity contribution in [3.05, 3.63) is 54.2 Å². The first kappa shape index (κ1) is 21.1. The van der Waals surface area contributed by atoms with Gasteiger partial charge in [0.2, 0.25) is 5.95 Å². The third-order valence-electron chi connectivity index (χ3n) is 4.95. The molecule has 1 saturated heterocycles. The molecule has 7 heteroatoms. The van der Waals surface area contributed by atoms with Gasteiger partial charge in [0.1, 0.15) is 0 Å². The van der Waals surface area contributed by atoms with Crippen LogP contribution in [0.2, 0.25) is 0 Å². The van der Waals surface area contributed by atoms with E-state index >= 15 is 0 Å². The molecule has 1 aliphatic heterocycles. The number of rotatable bonds is 3. The van der Waals surface area contributed by atoms with Gasteiger partial charge in [-0.15, -0.1) is 12.4 Å². The maximum absolute atomic E-state index is 5.86. The van der Waals surface area contributed by atoms with Crippen LogP contribution in [-0.2, 0) is 4.74 Å². The monoisotopic (exact) mass is 411 g/mol. The van der Waals surface area contributed by atoms with Crippen LogP contribution in [0.25, 0.3) is 22.4 Å². The topological polar surface area (TPSA) is 64.0 Å². The minimum Gasteiger partial charge on any atom is -0.372 e. The molecule has 3 aromatic heterocycles. The van der Waals surface area contributed by atoms with Crippen molar-refractivity contribution >= 4 is 18.4 Å². The predicted molar refractivity (Wildman–Crippen MR) is 117 cm³/mol. The number of ether oxygens (including phenoxy) is 1.